The van der Waals surface area contributed by atoms with E-state index in [2.05, 4.69) is 27.0 Å². The predicted molar refractivity (Wildman–Crippen MR) is 103 cm³/mol. The van der Waals surface area contributed by atoms with Crippen LogP contribution in [-0.4, -0.2) is 54.5 Å². The molecule has 4 rings (SSSR count). The fourth-order valence-corrected chi connectivity index (χ4v) is 4.00. The summed E-state index contributed by atoms with van der Waals surface area (Å²) >= 11 is 0. The number of hydrogen-bond donors (Lipinski definition) is 1. The lowest BCUT2D eigenvalue weighted by Gasteiger charge is -2.35. The van der Waals surface area contributed by atoms with Crippen LogP contribution in [0.25, 0.3) is 0 Å². The van der Waals surface area contributed by atoms with Crippen LogP contribution in [0.5, 0.6) is 0 Å². The predicted octanol–water partition coefficient (Wildman–Crippen LogP) is 2.75. The fourth-order valence-electron chi connectivity index (χ4n) is 4.00. The molecular formula is C20H23F3N4O2. The zero-order valence-corrected chi connectivity index (χ0v) is 15.9. The molecular weight excluding hydrogens is 385 g/mol. The van der Waals surface area contributed by atoms with Crippen LogP contribution in [0.1, 0.15) is 18.4 Å². The summed E-state index contributed by atoms with van der Waals surface area (Å²) in [7, 11) is 0. The average molecular weight is 408 g/mol. The lowest BCUT2D eigenvalue weighted by atomic mass is 10.0. The molecule has 2 atom stereocenters. The molecule has 2 aromatic rings. The maximum atomic E-state index is 13.0. The van der Waals surface area contributed by atoms with Crippen LogP contribution in [0.4, 0.5) is 24.9 Å². The second-order valence-electron chi connectivity index (χ2n) is 7.45. The molecule has 0 spiro atoms. The van der Waals surface area contributed by atoms with Crippen LogP contribution in [0, 0.1) is 0 Å². The van der Waals surface area contributed by atoms with Crippen LogP contribution in [0.2, 0.25) is 0 Å². The highest BCUT2D eigenvalue weighted by Crippen LogP contribution is 2.29. The second kappa shape index (κ2) is 8.06. The summed E-state index contributed by atoms with van der Waals surface area (Å²) in [5, 5.41) is 0. The molecule has 9 heteroatoms. The number of morpholine rings is 1. The smallest absolute Gasteiger partial charge is 0.365 e. The maximum Gasteiger partial charge on any atom is 0.416 e. The molecule has 0 radical (unpaired) electrons. The van der Waals surface area contributed by atoms with Crippen molar-refractivity contribution in [2.75, 3.05) is 36.0 Å². The first-order valence-corrected chi connectivity index (χ1v) is 9.75. The van der Waals surface area contributed by atoms with Gasteiger partial charge in [0.2, 0.25) is 5.95 Å². The zero-order chi connectivity index (χ0) is 20.4. The Balaban J connectivity index is 1.56. The molecule has 3 heterocycles. The number of halogens is 3. The van der Waals surface area contributed by atoms with E-state index in [4.69, 9.17) is 4.74 Å². The fraction of sp³-hybridized carbons (Fsp3) is 0.500. The number of benzene rings is 1. The molecule has 0 bridgehead atoms. The first kappa shape index (κ1) is 19.8. The lowest BCUT2D eigenvalue weighted by Crippen LogP contribution is -2.49. The van der Waals surface area contributed by atoms with E-state index in [1.54, 1.807) is 0 Å². The Labute approximate surface area is 166 Å². The standard InChI is InChI=1S/C20H23F3N4O2/c21-20(22,23)16-13-26(9-10-29-16)17-12-18(28)25-19(24-17)27-8-4-7-15(27)11-14-5-2-1-3-6-14/h1-3,5-6,12,15-16H,4,7-11,13H2,(H,24,25,28)/t15-,16+/m1/s1. The molecule has 0 unspecified atom stereocenters. The van der Waals surface area contributed by atoms with Crippen LogP contribution >= 0.6 is 0 Å². The first-order chi connectivity index (χ1) is 13.9. The number of nitrogens with zero attached hydrogens (tertiary/aromatic N) is 3. The van der Waals surface area contributed by atoms with E-state index in [9.17, 15) is 18.0 Å². The summed E-state index contributed by atoms with van der Waals surface area (Å²) in [5.41, 5.74) is 0.828. The van der Waals surface area contributed by atoms with Gasteiger partial charge in [-0.05, 0) is 24.8 Å². The summed E-state index contributed by atoms with van der Waals surface area (Å²) < 4.78 is 44.0. The molecule has 1 N–H and O–H groups in total. The van der Waals surface area contributed by atoms with Gasteiger partial charge >= 0.3 is 6.18 Å². The maximum absolute atomic E-state index is 13.0. The zero-order valence-electron chi connectivity index (χ0n) is 15.9. The van der Waals surface area contributed by atoms with Crippen molar-refractivity contribution in [3.8, 4) is 0 Å². The van der Waals surface area contributed by atoms with E-state index in [1.165, 1.54) is 16.5 Å². The minimum Gasteiger partial charge on any atom is -0.365 e. The van der Waals surface area contributed by atoms with Crippen LogP contribution in [0.15, 0.2) is 41.2 Å². The number of H-pyrrole nitrogens is 1. The molecule has 2 fully saturated rings. The highest BCUT2D eigenvalue weighted by molar-refractivity contribution is 5.45. The van der Waals surface area contributed by atoms with Gasteiger partial charge in [0.15, 0.2) is 6.10 Å². The van der Waals surface area contributed by atoms with Crippen LogP contribution in [0.3, 0.4) is 0 Å². The van der Waals surface area contributed by atoms with Crippen molar-refractivity contribution in [2.24, 2.45) is 0 Å². The van der Waals surface area contributed by atoms with Crippen LogP contribution < -0.4 is 15.4 Å². The number of ether oxygens (including phenoxy) is 1. The molecule has 6 nitrogen and oxygen atoms in total. The van der Waals surface area contributed by atoms with E-state index < -0.39 is 12.3 Å². The van der Waals surface area contributed by atoms with Gasteiger partial charge in [0.25, 0.3) is 5.56 Å². The van der Waals surface area contributed by atoms with Crippen molar-refractivity contribution in [3.63, 3.8) is 0 Å². The third-order valence-electron chi connectivity index (χ3n) is 5.43. The molecule has 2 saturated heterocycles. The molecule has 156 valence electrons. The summed E-state index contributed by atoms with van der Waals surface area (Å²) in [6.45, 7) is 0.579. The largest absolute Gasteiger partial charge is 0.416 e. The van der Waals surface area contributed by atoms with E-state index in [0.717, 1.165) is 25.8 Å². The Morgan fingerprint density at radius 1 is 1.21 bits per heavy atom. The van der Waals surface area contributed by atoms with Crippen molar-refractivity contribution < 1.29 is 17.9 Å². The molecule has 2 aliphatic rings. The third-order valence-corrected chi connectivity index (χ3v) is 5.43. The number of anilines is 2. The van der Waals surface area contributed by atoms with E-state index >= 15 is 0 Å². The van der Waals surface area contributed by atoms with Crippen molar-refractivity contribution >= 4 is 11.8 Å². The van der Waals surface area contributed by atoms with Crippen molar-refractivity contribution in [2.45, 2.75) is 37.6 Å². The van der Waals surface area contributed by atoms with Gasteiger partial charge in [0, 0.05) is 25.2 Å². The Morgan fingerprint density at radius 3 is 2.76 bits per heavy atom. The van der Waals surface area contributed by atoms with Gasteiger partial charge in [0.1, 0.15) is 5.82 Å². The highest BCUT2D eigenvalue weighted by Gasteiger charge is 2.43. The van der Waals surface area contributed by atoms with E-state index in [1.807, 2.05) is 18.2 Å². The summed E-state index contributed by atoms with van der Waals surface area (Å²) in [4.78, 5) is 23.1. The monoisotopic (exact) mass is 408 g/mol. The van der Waals surface area contributed by atoms with Gasteiger partial charge in [-0.15, -0.1) is 0 Å². The summed E-state index contributed by atoms with van der Waals surface area (Å²) in [6.07, 6.45) is -3.56. The number of nitrogens with one attached hydrogen (secondary N) is 1. The molecule has 0 saturated carbocycles. The van der Waals surface area contributed by atoms with Gasteiger partial charge in [-0.3, -0.25) is 9.78 Å². The van der Waals surface area contributed by atoms with E-state index in [-0.39, 0.29) is 37.1 Å². The van der Waals surface area contributed by atoms with Gasteiger partial charge in [0.05, 0.1) is 13.2 Å². The molecule has 1 aromatic carbocycles. The van der Waals surface area contributed by atoms with Crippen molar-refractivity contribution in [3.05, 3.63) is 52.3 Å². The van der Waals surface area contributed by atoms with Gasteiger partial charge in [-0.25, -0.2) is 0 Å². The molecule has 0 amide bonds. The highest BCUT2D eigenvalue weighted by atomic mass is 19.4. The molecule has 29 heavy (non-hydrogen) atoms. The first-order valence-electron chi connectivity index (χ1n) is 9.75. The number of aromatic amines is 1. The number of hydrogen-bond acceptors (Lipinski definition) is 5. The summed E-state index contributed by atoms with van der Waals surface area (Å²) in [5.74, 6) is 0.674. The summed E-state index contributed by atoms with van der Waals surface area (Å²) in [6, 6.07) is 11.5. The third kappa shape index (κ3) is 4.55. The Kier molecular flexibility index (Phi) is 5.49. The normalized spacial score (nSPS) is 22.9. The van der Waals surface area contributed by atoms with Gasteiger partial charge in [-0.2, -0.15) is 18.2 Å². The van der Waals surface area contributed by atoms with Gasteiger partial charge < -0.3 is 14.5 Å². The van der Waals surface area contributed by atoms with E-state index in [0.29, 0.717) is 5.95 Å². The Bertz CT molecular complexity index is 887. The lowest BCUT2D eigenvalue weighted by molar-refractivity contribution is -0.221. The minimum absolute atomic E-state index is 0.0612. The number of aromatic nitrogens is 2. The van der Waals surface area contributed by atoms with Crippen molar-refractivity contribution in [1.82, 2.24) is 9.97 Å². The average Bonchev–Trinajstić information content (AvgIpc) is 3.16. The second-order valence-corrected chi connectivity index (χ2v) is 7.45. The minimum atomic E-state index is -4.45. The number of rotatable bonds is 4. The molecule has 1 aromatic heterocycles. The topological polar surface area (TPSA) is 61.5 Å². The molecule has 2 aliphatic heterocycles. The van der Waals surface area contributed by atoms with Crippen molar-refractivity contribution in [1.29, 1.82) is 0 Å². The SMILES string of the molecule is O=c1cc(N2CCO[C@H](C(F)(F)F)C2)nc(N2CCC[C@@H]2Cc2ccccc2)[nH]1. The quantitative estimate of drug-likeness (QED) is 0.843. The Morgan fingerprint density at radius 2 is 2.00 bits per heavy atom. The van der Waals surface area contributed by atoms with Gasteiger partial charge in [-0.1, -0.05) is 30.3 Å². The van der Waals surface area contributed by atoms with Crippen LogP contribution in [-0.2, 0) is 11.2 Å². The Hall–Kier alpha value is -2.55. The number of alkyl halides is 3. The molecule has 0 aliphatic carbocycles.